The molecule has 1 amide bonds. The van der Waals surface area contributed by atoms with Gasteiger partial charge in [-0.25, -0.2) is 0 Å². The van der Waals surface area contributed by atoms with Gasteiger partial charge in [0.1, 0.15) is 0 Å². The highest BCUT2D eigenvalue weighted by atomic mass is 32.2. The first-order valence-corrected chi connectivity index (χ1v) is 8.03. The average Bonchev–Trinajstić information content (AvgIpc) is 2.44. The lowest BCUT2D eigenvalue weighted by Crippen LogP contribution is -2.33. The van der Waals surface area contributed by atoms with E-state index in [-0.39, 0.29) is 5.91 Å². The Bertz CT molecular complexity index is 356. The number of thioether (sulfide) groups is 1. The SMILES string of the molecule is CCCSCC(=O)N(CCCN)Cc1ccccc1. The Kier molecular flexibility index (Phi) is 8.34. The molecule has 0 aliphatic carbocycles. The average molecular weight is 280 g/mol. The Labute approximate surface area is 120 Å². The van der Waals surface area contributed by atoms with Gasteiger partial charge in [0.2, 0.25) is 5.91 Å². The van der Waals surface area contributed by atoms with Gasteiger partial charge < -0.3 is 10.6 Å². The molecule has 0 aromatic heterocycles. The van der Waals surface area contributed by atoms with Crippen LogP contribution in [0.15, 0.2) is 30.3 Å². The molecule has 0 aliphatic heterocycles. The molecule has 1 aromatic carbocycles. The zero-order chi connectivity index (χ0) is 13.9. The van der Waals surface area contributed by atoms with Crippen LogP contribution in [0.5, 0.6) is 0 Å². The third-order valence-electron chi connectivity index (χ3n) is 2.78. The molecule has 0 radical (unpaired) electrons. The van der Waals surface area contributed by atoms with E-state index in [0.717, 1.165) is 25.1 Å². The fourth-order valence-corrected chi connectivity index (χ4v) is 2.56. The minimum Gasteiger partial charge on any atom is -0.338 e. The number of hydrogen-bond acceptors (Lipinski definition) is 3. The zero-order valence-corrected chi connectivity index (χ0v) is 12.5. The Morgan fingerprint density at radius 3 is 2.68 bits per heavy atom. The fourth-order valence-electron chi connectivity index (χ4n) is 1.77. The lowest BCUT2D eigenvalue weighted by atomic mass is 10.2. The van der Waals surface area contributed by atoms with Gasteiger partial charge in [-0.05, 0) is 30.7 Å². The van der Waals surface area contributed by atoms with E-state index in [1.165, 1.54) is 5.56 Å². The number of carbonyl (C=O) groups is 1. The van der Waals surface area contributed by atoms with Crippen LogP contribution in [0.1, 0.15) is 25.3 Å². The van der Waals surface area contributed by atoms with Crippen molar-refractivity contribution in [1.82, 2.24) is 4.90 Å². The third kappa shape index (κ3) is 6.64. The molecule has 106 valence electrons. The molecule has 0 fully saturated rings. The monoisotopic (exact) mass is 280 g/mol. The van der Waals surface area contributed by atoms with Gasteiger partial charge >= 0.3 is 0 Å². The van der Waals surface area contributed by atoms with Crippen molar-refractivity contribution in [3.8, 4) is 0 Å². The van der Waals surface area contributed by atoms with Crippen LogP contribution >= 0.6 is 11.8 Å². The molecular formula is C15H24N2OS. The van der Waals surface area contributed by atoms with Crippen molar-refractivity contribution >= 4 is 17.7 Å². The summed E-state index contributed by atoms with van der Waals surface area (Å²) in [7, 11) is 0. The number of carbonyl (C=O) groups excluding carboxylic acids is 1. The number of benzene rings is 1. The van der Waals surface area contributed by atoms with Gasteiger partial charge in [0.25, 0.3) is 0 Å². The molecule has 2 N–H and O–H groups in total. The maximum absolute atomic E-state index is 12.2. The van der Waals surface area contributed by atoms with Gasteiger partial charge in [-0.3, -0.25) is 4.79 Å². The van der Waals surface area contributed by atoms with Crippen molar-refractivity contribution in [3.63, 3.8) is 0 Å². The fraction of sp³-hybridized carbons (Fsp3) is 0.533. The molecular weight excluding hydrogens is 256 g/mol. The largest absolute Gasteiger partial charge is 0.338 e. The zero-order valence-electron chi connectivity index (χ0n) is 11.7. The van der Waals surface area contributed by atoms with Crippen molar-refractivity contribution in [2.75, 3.05) is 24.6 Å². The van der Waals surface area contributed by atoms with Crippen LogP contribution in [0.25, 0.3) is 0 Å². The van der Waals surface area contributed by atoms with Crippen molar-refractivity contribution in [1.29, 1.82) is 0 Å². The maximum Gasteiger partial charge on any atom is 0.232 e. The lowest BCUT2D eigenvalue weighted by molar-refractivity contribution is -0.129. The van der Waals surface area contributed by atoms with Crippen LogP contribution in [0.2, 0.25) is 0 Å². The van der Waals surface area contributed by atoms with Gasteiger partial charge in [-0.1, -0.05) is 37.3 Å². The number of amides is 1. The van der Waals surface area contributed by atoms with Crippen LogP contribution in [-0.4, -0.2) is 35.4 Å². The number of rotatable bonds is 9. The Balaban J connectivity index is 2.53. The van der Waals surface area contributed by atoms with Crippen molar-refractivity contribution in [2.45, 2.75) is 26.3 Å². The summed E-state index contributed by atoms with van der Waals surface area (Å²) in [5.74, 6) is 1.84. The molecule has 0 bridgehead atoms. The van der Waals surface area contributed by atoms with Gasteiger partial charge in [0, 0.05) is 13.1 Å². The van der Waals surface area contributed by atoms with E-state index < -0.39 is 0 Å². The smallest absolute Gasteiger partial charge is 0.232 e. The molecule has 0 unspecified atom stereocenters. The topological polar surface area (TPSA) is 46.3 Å². The number of nitrogens with zero attached hydrogens (tertiary/aromatic N) is 1. The standard InChI is InChI=1S/C15H24N2OS/c1-2-11-19-13-15(18)17(10-6-9-16)12-14-7-4-3-5-8-14/h3-5,7-8H,2,6,9-13,16H2,1H3. The predicted octanol–water partition coefficient (Wildman–Crippen LogP) is 2.51. The molecule has 0 atom stereocenters. The second-order valence-corrected chi connectivity index (χ2v) is 5.60. The van der Waals surface area contributed by atoms with Crippen LogP contribution < -0.4 is 5.73 Å². The Hall–Kier alpha value is -1.00. The van der Waals surface area contributed by atoms with Gasteiger partial charge in [0.05, 0.1) is 5.75 Å². The second-order valence-electron chi connectivity index (χ2n) is 4.50. The van der Waals surface area contributed by atoms with E-state index >= 15 is 0 Å². The van der Waals surface area contributed by atoms with Gasteiger partial charge in [-0.2, -0.15) is 11.8 Å². The highest BCUT2D eigenvalue weighted by Crippen LogP contribution is 2.09. The minimum atomic E-state index is 0.218. The first-order chi connectivity index (χ1) is 9.27. The summed E-state index contributed by atoms with van der Waals surface area (Å²) in [5, 5.41) is 0. The molecule has 0 heterocycles. The van der Waals surface area contributed by atoms with E-state index in [2.05, 4.69) is 19.1 Å². The molecule has 3 nitrogen and oxygen atoms in total. The Morgan fingerprint density at radius 2 is 2.05 bits per heavy atom. The summed E-state index contributed by atoms with van der Waals surface area (Å²) in [5.41, 5.74) is 6.72. The van der Waals surface area contributed by atoms with E-state index in [1.54, 1.807) is 11.8 Å². The summed E-state index contributed by atoms with van der Waals surface area (Å²) in [6.07, 6.45) is 1.97. The summed E-state index contributed by atoms with van der Waals surface area (Å²) in [6, 6.07) is 10.1. The molecule has 1 aromatic rings. The summed E-state index contributed by atoms with van der Waals surface area (Å²) >= 11 is 1.71. The van der Waals surface area contributed by atoms with Crippen LogP contribution in [-0.2, 0) is 11.3 Å². The van der Waals surface area contributed by atoms with E-state index in [4.69, 9.17) is 5.73 Å². The molecule has 19 heavy (non-hydrogen) atoms. The molecule has 1 rings (SSSR count). The summed E-state index contributed by atoms with van der Waals surface area (Å²) < 4.78 is 0. The first-order valence-electron chi connectivity index (χ1n) is 6.87. The number of nitrogens with two attached hydrogens (primary N) is 1. The lowest BCUT2D eigenvalue weighted by Gasteiger charge is -2.22. The highest BCUT2D eigenvalue weighted by molar-refractivity contribution is 7.99. The summed E-state index contributed by atoms with van der Waals surface area (Å²) in [4.78, 5) is 14.1. The molecule has 4 heteroatoms. The van der Waals surface area contributed by atoms with Crippen LogP contribution in [0.4, 0.5) is 0 Å². The van der Waals surface area contributed by atoms with E-state index in [9.17, 15) is 4.79 Å². The van der Waals surface area contributed by atoms with Crippen molar-refractivity contribution < 1.29 is 4.79 Å². The van der Waals surface area contributed by atoms with E-state index in [1.807, 2.05) is 23.1 Å². The van der Waals surface area contributed by atoms with Crippen molar-refractivity contribution in [3.05, 3.63) is 35.9 Å². The molecule has 0 saturated heterocycles. The van der Waals surface area contributed by atoms with Gasteiger partial charge in [-0.15, -0.1) is 0 Å². The van der Waals surface area contributed by atoms with Crippen molar-refractivity contribution in [2.24, 2.45) is 5.73 Å². The number of hydrogen-bond donors (Lipinski definition) is 1. The van der Waals surface area contributed by atoms with Gasteiger partial charge in [0.15, 0.2) is 0 Å². The Morgan fingerprint density at radius 1 is 1.32 bits per heavy atom. The molecule has 0 spiro atoms. The molecule has 0 aliphatic rings. The third-order valence-corrected chi connectivity index (χ3v) is 3.92. The first kappa shape index (κ1) is 16.1. The van der Waals surface area contributed by atoms with Crippen LogP contribution in [0.3, 0.4) is 0 Å². The van der Waals surface area contributed by atoms with E-state index in [0.29, 0.717) is 18.8 Å². The summed E-state index contributed by atoms with van der Waals surface area (Å²) in [6.45, 7) is 4.19. The quantitative estimate of drug-likeness (QED) is 0.707. The molecule has 0 saturated carbocycles. The predicted molar refractivity (Wildman–Crippen MR) is 83.1 cm³/mol. The second kappa shape index (κ2) is 9.87. The van der Waals surface area contributed by atoms with Crippen LogP contribution in [0, 0.1) is 0 Å². The minimum absolute atomic E-state index is 0.218. The normalized spacial score (nSPS) is 10.4. The highest BCUT2D eigenvalue weighted by Gasteiger charge is 2.13. The maximum atomic E-state index is 12.2.